The number of carbonyl (C=O) groups is 7. The molecule has 9 rings (SSSR count). The second-order valence-corrected chi connectivity index (χ2v) is 18.8. The van der Waals surface area contributed by atoms with E-state index >= 15 is 0 Å². The lowest BCUT2D eigenvalue weighted by atomic mass is 10.0. The summed E-state index contributed by atoms with van der Waals surface area (Å²) in [5.41, 5.74) is 2.06. The molecule has 24 heteroatoms. The summed E-state index contributed by atoms with van der Waals surface area (Å²) in [5.74, 6) is -2.20. The minimum Gasteiger partial charge on any atom is -0.507 e. The van der Waals surface area contributed by atoms with Gasteiger partial charge in [0.1, 0.15) is 18.1 Å². The van der Waals surface area contributed by atoms with Crippen LogP contribution in [0.25, 0.3) is 22.3 Å². The number of hydrogen-bond donors (Lipinski definition) is 6. The maximum atomic E-state index is 13.3. The summed E-state index contributed by atoms with van der Waals surface area (Å²) < 4.78 is 85.9. The van der Waals surface area contributed by atoms with Crippen molar-refractivity contribution >= 4 is 41.9 Å². The summed E-state index contributed by atoms with van der Waals surface area (Å²) in [5, 5.41) is 29.1. The van der Waals surface area contributed by atoms with Crippen LogP contribution < -0.4 is 21.5 Å². The van der Waals surface area contributed by atoms with E-state index in [0.29, 0.717) is 29.0 Å². The number of aliphatic hydroxyl groups is 1. The van der Waals surface area contributed by atoms with Crippen molar-refractivity contribution in [3.63, 3.8) is 0 Å². The van der Waals surface area contributed by atoms with Crippen molar-refractivity contribution in [2.24, 2.45) is 0 Å². The number of aliphatic hydroxyl groups excluding tert-OH is 1. The molecule has 2 saturated heterocycles. The van der Waals surface area contributed by atoms with Crippen LogP contribution in [0.4, 0.5) is 26.3 Å². The summed E-state index contributed by atoms with van der Waals surface area (Å²) in [6.45, 7) is 0.580. The van der Waals surface area contributed by atoms with Crippen LogP contribution in [-0.2, 0) is 33.3 Å². The van der Waals surface area contributed by atoms with Crippen LogP contribution in [-0.4, -0.2) is 149 Å². The predicted octanol–water partition coefficient (Wildman–Crippen LogP) is 8.93. The average Bonchev–Trinajstić information content (AvgIpc) is 3.57. The van der Waals surface area contributed by atoms with E-state index < -0.39 is 58.2 Å². The first kappa shape index (κ1) is 67.7. The fraction of sp³-hybridized carbons (Fsp3) is 0.222. The zero-order chi connectivity index (χ0) is 62.4. The van der Waals surface area contributed by atoms with Crippen molar-refractivity contribution in [3.8, 4) is 33.8 Å². The average molecular weight is 1210 g/mol. The molecule has 0 radical (unpaired) electrons. The second-order valence-electron chi connectivity index (χ2n) is 18.8. The normalized spacial score (nSPS) is 12.8. The van der Waals surface area contributed by atoms with Crippen LogP contribution in [0.1, 0.15) is 58.1 Å². The summed E-state index contributed by atoms with van der Waals surface area (Å²) in [7, 11) is 1.00. The Hall–Kier alpha value is -10.1. The molecule has 0 unspecified atom stereocenters. The first-order chi connectivity index (χ1) is 41.3. The summed E-state index contributed by atoms with van der Waals surface area (Å²) >= 11 is 0. The summed E-state index contributed by atoms with van der Waals surface area (Å²) in [6, 6.07) is 47.1. The Morgan fingerprint density at radius 1 is 0.483 bits per heavy atom. The van der Waals surface area contributed by atoms with Gasteiger partial charge in [-0.15, -0.1) is 0 Å². The molecule has 0 aliphatic carbocycles. The van der Waals surface area contributed by atoms with Crippen molar-refractivity contribution in [3.05, 3.63) is 215 Å². The number of para-hydroxylation sites is 2. The third kappa shape index (κ3) is 18.7. The van der Waals surface area contributed by atoms with Gasteiger partial charge in [-0.25, -0.2) is 0 Å². The Balaban J connectivity index is 0.000000296. The van der Waals surface area contributed by atoms with Gasteiger partial charge >= 0.3 is 12.4 Å². The van der Waals surface area contributed by atoms with Gasteiger partial charge in [-0.05, 0) is 77.4 Å². The van der Waals surface area contributed by atoms with Crippen molar-refractivity contribution in [2.75, 3.05) is 72.6 Å². The maximum absolute atomic E-state index is 13.3. The van der Waals surface area contributed by atoms with E-state index in [1.54, 1.807) is 60.7 Å². The molecule has 458 valence electrons. The van der Waals surface area contributed by atoms with Gasteiger partial charge in [0.2, 0.25) is 11.8 Å². The minimum absolute atomic E-state index is 0. The number of carbonyl (C=O) groups excluding carboxylic acids is 6. The fourth-order valence-electron chi connectivity index (χ4n) is 9.12. The van der Waals surface area contributed by atoms with E-state index in [4.69, 9.17) is 19.7 Å². The van der Waals surface area contributed by atoms with Crippen LogP contribution in [0.2, 0.25) is 0 Å². The number of alkyl halides is 6. The number of benzene rings is 7. The number of phenolic OH excluding ortho intramolecular Hbond substituents is 1. The van der Waals surface area contributed by atoms with Gasteiger partial charge in [0, 0.05) is 81.7 Å². The molecule has 6 amide bonds. The Labute approximate surface area is 496 Å². The predicted molar refractivity (Wildman–Crippen MR) is 311 cm³/mol. The number of hydrogen-bond acceptors (Lipinski definition) is 11. The van der Waals surface area contributed by atoms with Gasteiger partial charge in [-0.1, -0.05) is 115 Å². The topological polar surface area (TPSA) is 261 Å². The highest BCUT2D eigenvalue weighted by atomic mass is 19.4. The van der Waals surface area contributed by atoms with Crippen LogP contribution in [0.15, 0.2) is 176 Å². The molecule has 8 N–H and O–H groups in total. The SMILES string of the molecule is CO.N.O=C(NCC(=O)N1CCN(C(=O)c2ccccc2C(F)(F)F)CC1)c1ccc(-c2ccccc2O)cc1.O=C(NCC(=O)N1CCN(C(=O)c2ccccc2C(F)(F)F)CC1)c1ccc(-c2ccccc2OCc2ccccc2)cc1.O=CO. The van der Waals surface area contributed by atoms with Crippen LogP contribution in [0.5, 0.6) is 11.5 Å². The Kier molecular flexibility index (Phi) is 25.1. The lowest BCUT2D eigenvalue weighted by Crippen LogP contribution is -2.52. The van der Waals surface area contributed by atoms with Crippen LogP contribution in [0.3, 0.4) is 0 Å². The van der Waals surface area contributed by atoms with Crippen LogP contribution >= 0.6 is 0 Å². The number of piperazine rings is 2. The molecule has 0 aromatic heterocycles. The number of ether oxygens (including phenoxy) is 1. The molecule has 2 heterocycles. The van der Waals surface area contributed by atoms with E-state index in [2.05, 4.69) is 10.6 Å². The van der Waals surface area contributed by atoms with Gasteiger partial charge in [0.05, 0.1) is 35.3 Å². The molecule has 7 aromatic carbocycles. The number of aromatic hydroxyl groups is 1. The van der Waals surface area contributed by atoms with Gasteiger partial charge in [0.15, 0.2) is 0 Å². The molecule has 2 fully saturated rings. The number of nitrogens with zero attached hydrogens (tertiary/aromatic N) is 4. The van der Waals surface area contributed by atoms with Gasteiger partial charge < -0.3 is 56.4 Å². The van der Waals surface area contributed by atoms with E-state index in [1.807, 2.05) is 66.7 Å². The lowest BCUT2D eigenvalue weighted by Gasteiger charge is -2.35. The highest BCUT2D eigenvalue weighted by Gasteiger charge is 2.38. The van der Waals surface area contributed by atoms with Gasteiger partial charge in [-0.2, -0.15) is 26.3 Å². The number of carboxylic acid groups (broad SMARTS) is 1. The molecule has 0 spiro atoms. The lowest BCUT2D eigenvalue weighted by molar-refractivity contribution is -0.138. The summed E-state index contributed by atoms with van der Waals surface area (Å²) in [4.78, 5) is 90.0. The maximum Gasteiger partial charge on any atom is 0.417 e. The molecule has 18 nitrogen and oxygen atoms in total. The van der Waals surface area contributed by atoms with Crippen molar-refractivity contribution in [1.82, 2.24) is 36.4 Å². The highest BCUT2D eigenvalue weighted by molar-refractivity contribution is 5.99. The molecule has 0 bridgehead atoms. The van der Waals surface area contributed by atoms with Crippen molar-refractivity contribution < 1.29 is 80.0 Å². The van der Waals surface area contributed by atoms with E-state index in [1.165, 1.54) is 43.9 Å². The van der Waals surface area contributed by atoms with Gasteiger partial charge in [0.25, 0.3) is 30.1 Å². The third-order valence-electron chi connectivity index (χ3n) is 13.5. The first-order valence-corrected chi connectivity index (χ1v) is 26.6. The quantitative estimate of drug-likeness (QED) is 0.0467. The molecule has 2 aliphatic heterocycles. The number of phenols is 1. The van der Waals surface area contributed by atoms with Crippen LogP contribution in [0, 0.1) is 0 Å². The second kappa shape index (κ2) is 32.3. The van der Waals surface area contributed by atoms with Crippen molar-refractivity contribution in [2.45, 2.75) is 19.0 Å². The monoisotopic (exact) mass is 1210 g/mol. The largest absolute Gasteiger partial charge is 0.507 e. The molecule has 0 saturated carbocycles. The first-order valence-electron chi connectivity index (χ1n) is 26.6. The smallest absolute Gasteiger partial charge is 0.417 e. The molecule has 2 aliphatic rings. The Bertz CT molecular complexity index is 3430. The number of rotatable bonds is 13. The number of nitrogens with one attached hydrogen (secondary N) is 2. The van der Waals surface area contributed by atoms with E-state index in [9.17, 15) is 60.2 Å². The zero-order valence-electron chi connectivity index (χ0n) is 47.0. The molecular weight excluding hydrogens is 1140 g/mol. The van der Waals surface area contributed by atoms with Crippen molar-refractivity contribution in [1.29, 1.82) is 0 Å². The molecular formula is C63H63F6N7O11. The van der Waals surface area contributed by atoms with E-state index in [-0.39, 0.29) is 95.6 Å². The molecule has 87 heavy (non-hydrogen) atoms. The standard InChI is InChI=1S/C34H30F3N3O4.C27H24F3N3O4.CH2O2.CH4O.H3N/c35-34(36,37)29-12-6-4-11-28(29)33(43)40-20-18-39(19-21-40)31(41)22-38-32(42)26-16-14-25(15-17-26)27-10-5-7-13-30(27)44-23-24-8-2-1-3-9-24;28-27(29,30)22-7-3-1-6-21(22)26(37)33-15-13-32(14-16-33)24(35)17-31-25(36)19-11-9-18(10-12-19)20-5-2-4-8-23(20)34;2-1-3;1-2;/h1-17H,18-23H2,(H,38,42);1-12,34H,13-17H2,(H,31,36);1H,(H,2,3);2H,1H3;1H3. The molecule has 0 atom stereocenters. The fourth-order valence-corrected chi connectivity index (χ4v) is 9.12. The van der Waals surface area contributed by atoms with E-state index in [0.717, 1.165) is 53.6 Å². The zero-order valence-corrected chi connectivity index (χ0v) is 47.0. The highest BCUT2D eigenvalue weighted by Crippen LogP contribution is 2.35. The minimum atomic E-state index is -4.65. The van der Waals surface area contributed by atoms with Gasteiger partial charge in [-0.3, -0.25) is 33.6 Å². The Morgan fingerprint density at radius 2 is 0.828 bits per heavy atom. The third-order valence-corrected chi connectivity index (χ3v) is 13.5. The Morgan fingerprint density at radius 3 is 1.24 bits per heavy atom. The number of halogens is 6. The molecule has 7 aromatic rings. The summed E-state index contributed by atoms with van der Waals surface area (Å²) in [6.07, 6.45) is -9.30. The number of amides is 6.